The number of imidazole rings is 1. The Kier molecular flexibility index (Phi) is 6.21. The van der Waals surface area contributed by atoms with Crippen LogP contribution in [-0.2, 0) is 26.2 Å². The molecule has 0 atom stereocenters. The molecule has 0 aliphatic carbocycles. The van der Waals surface area contributed by atoms with Crippen molar-refractivity contribution in [3.63, 3.8) is 0 Å². The molecular weight excluding hydrogens is 381 g/mol. The average Bonchev–Trinajstić information content (AvgIpc) is 3.33. The summed E-state index contributed by atoms with van der Waals surface area (Å²) in [5.41, 5.74) is 3.45. The van der Waals surface area contributed by atoms with Crippen molar-refractivity contribution in [3.8, 4) is 0 Å². The molecule has 7 heteroatoms. The van der Waals surface area contributed by atoms with Crippen LogP contribution in [0.3, 0.4) is 0 Å². The van der Waals surface area contributed by atoms with Gasteiger partial charge in [-0.15, -0.1) is 0 Å². The fourth-order valence-corrected chi connectivity index (χ4v) is 3.79. The van der Waals surface area contributed by atoms with Gasteiger partial charge in [0.25, 0.3) is 0 Å². The smallest absolute Gasteiger partial charge is 0.151 e. The van der Waals surface area contributed by atoms with Gasteiger partial charge in [0, 0.05) is 31.4 Å². The molecule has 156 valence electrons. The van der Waals surface area contributed by atoms with Gasteiger partial charge in [-0.1, -0.05) is 36.4 Å². The number of hydrogen-bond acceptors (Lipinski definition) is 4. The van der Waals surface area contributed by atoms with E-state index in [1.54, 1.807) is 6.07 Å². The van der Waals surface area contributed by atoms with Gasteiger partial charge in [-0.2, -0.15) is 5.10 Å². The van der Waals surface area contributed by atoms with Crippen molar-refractivity contribution in [2.24, 2.45) is 0 Å². The summed E-state index contributed by atoms with van der Waals surface area (Å²) in [4.78, 5) is 6.66. The minimum atomic E-state index is -0.308. The number of hydrogen-bond donors (Lipinski definition) is 1. The zero-order valence-corrected chi connectivity index (χ0v) is 17.1. The first kappa shape index (κ1) is 20.3. The first-order valence-electron chi connectivity index (χ1n) is 10.2. The van der Waals surface area contributed by atoms with E-state index in [2.05, 4.69) is 27.1 Å². The Hall–Kier alpha value is -3.03. The molecule has 0 fully saturated rings. The van der Waals surface area contributed by atoms with Crippen molar-refractivity contribution in [1.82, 2.24) is 24.2 Å². The molecule has 0 spiro atoms. The van der Waals surface area contributed by atoms with E-state index in [4.69, 9.17) is 0 Å². The normalized spacial score (nSPS) is 11.6. The van der Waals surface area contributed by atoms with Crippen molar-refractivity contribution in [2.75, 3.05) is 13.2 Å². The topological polar surface area (TPSA) is 59.1 Å². The maximum absolute atomic E-state index is 14.2. The Bertz CT molecular complexity index is 1110. The number of aliphatic hydroxyl groups excluding tert-OH is 1. The summed E-state index contributed by atoms with van der Waals surface area (Å²) < 4.78 is 18.1. The minimum Gasteiger partial charge on any atom is -0.395 e. The van der Waals surface area contributed by atoms with Crippen LogP contribution in [0.1, 0.15) is 23.9 Å². The first-order chi connectivity index (χ1) is 14.7. The standard InChI is InChI=1S/C23H26FN5O/c1-2-29-21-10-6-9-20(24)23(21)26-22(29)17-27(11-12-30)14-19-13-25-28(16-19)15-18-7-4-3-5-8-18/h3-10,13,16,30H,2,11-12,14-15,17H2,1H3. The predicted octanol–water partition coefficient (Wildman–Crippen LogP) is 3.43. The van der Waals surface area contributed by atoms with Crippen molar-refractivity contribution >= 4 is 11.0 Å². The Morgan fingerprint density at radius 1 is 1.03 bits per heavy atom. The van der Waals surface area contributed by atoms with Crippen LogP contribution in [0.4, 0.5) is 4.39 Å². The number of halogens is 1. The van der Waals surface area contributed by atoms with E-state index in [9.17, 15) is 9.50 Å². The fraction of sp³-hybridized carbons (Fsp3) is 0.304. The number of benzene rings is 2. The number of rotatable bonds is 9. The summed E-state index contributed by atoms with van der Waals surface area (Å²) in [6.07, 6.45) is 3.88. The molecule has 0 bridgehead atoms. The maximum atomic E-state index is 14.2. The second-order valence-corrected chi connectivity index (χ2v) is 7.35. The minimum absolute atomic E-state index is 0.0405. The Morgan fingerprint density at radius 2 is 1.87 bits per heavy atom. The summed E-state index contributed by atoms with van der Waals surface area (Å²) in [6.45, 7) is 5.14. The Balaban J connectivity index is 1.51. The first-order valence-corrected chi connectivity index (χ1v) is 10.2. The number of aliphatic hydroxyl groups is 1. The number of aryl methyl sites for hydroxylation is 1. The SMILES string of the molecule is CCn1c(CN(CCO)Cc2cnn(Cc3ccccc3)c2)nc2c(F)cccc21. The molecular formula is C23H26FN5O. The molecule has 4 aromatic rings. The average molecular weight is 407 g/mol. The Labute approximate surface area is 175 Å². The molecule has 30 heavy (non-hydrogen) atoms. The second-order valence-electron chi connectivity index (χ2n) is 7.35. The van der Waals surface area contributed by atoms with Crippen LogP contribution in [0.2, 0.25) is 0 Å². The zero-order valence-electron chi connectivity index (χ0n) is 17.1. The molecule has 0 aliphatic rings. The van der Waals surface area contributed by atoms with Crippen LogP contribution in [0.5, 0.6) is 0 Å². The quantitative estimate of drug-likeness (QED) is 0.462. The highest BCUT2D eigenvalue weighted by Gasteiger charge is 2.16. The number of aromatic nitrogens is 4. The molecule has 4 rings (SSSR count). The number of nitrogens with zero attached hydrogens (tertiary/aromatic N) is 5. The van der Waals surface area contributed by atoms with E-state index in [0.717, 1.165) is 16.9 Å². The molecule has 2 heterocycles. The van der Waals surface area contributed by atoms with Crippen molar-refractivity contribution in [2.45, 2.75) is 33.1 Å². The highest BCUT2D eigenvalue weighted by Crippen LogP contribution is 2.21. The molecule has 0 unspecified atom stereocenters. The van der Waals surface area contributed by atoms with E-state index < -0.39 is 0 Å². The van der Waals surface area contributed by atoms with E-state index in [-0.39, 0.29) is 12.4 Å². The molecule has 0 aliphatic heterocycles. The van der Waals surface area contributed by atoms with E-state index in [1.165, 1.54) is 11.6 Å². The van der Waals surface area contributed by atoms with E-state index in [1.807, 2.05) is 52.8 Å². The fourth-order valence-electron chi connectivity index (χ4n) is 3.79. The van der Waals surface area contributed by atoms with Crippen molar-refractivity contribution in [1.29, 1.82) is 0 Å². The van der Waals surface area contributed by atoms with Gasteiger partial charge >= 0.3 is 0 Å². The van der Waals surface area contributed by atoms with Gasteiger partial charge in [-0.05, 0) is 24.6 Å². The van der Waals surface area contributed by atoms with Gasteiger partial charge in [0.05, 0.1) is 31.4 Å². The van der Waals surface area contributed by atoms with Gasteiger partial charge in [-0.3, -0.25) is 9.58 Å². The van der Waals surface area contributed by atoms with E-state index >= 15 is 0 Å². The van der Waals surface area contributed by atoms with Crippen LogP contribution in [0, 0.1) is 5.82 Å². The summed E-state index contributed by atoms with van der Waals surface area (Å²) in [6, 6.07) is 15.2. The summed E-state index contributed by atoms with van der Waals surface area (Å²) in [7, 11) is 0. The summed E-state index contributed by atoms with van der Waals surface area (Å²) in [5, 5.41) is 14.0. The zero-order chi connectivity index (χ0) is 20.9. The molecule has 1 N–H and O–H groups in total. The largest absolute Gasteiger partial charge is 0.395 e. The second kappa shape index (κ2) is 9.19. The third kappa shape index (κ3) is 4.42. The molecule has 0 saturated heterocycles. The number of para-hydroxylation sites is 1. The Morgan fingerprint density at radius 3 is 2.63 bits per heavy atom. The van der Waals surface area contributed by atoms with Gasteiger partial charge in [0.1, 0.15) is 11.3 Å². The lowest BCUT2D eigenvalue weighted by Crippen LogP contribution is -2.27. The van der Waals surface area contributed by atoms with Crippen LogP contribution >= 0.6 is 0 Å². The maximum Gasteiger partial charge on any atom is 0.151 e. The van der Waals surface area contributed by atoms with Gasteiger partial charge in [-0.25, -0.2) is 9.37 Å². The van der Waals surface area contributed by atoms with Crippen LogP contribution < -0.4 is 0 Å². The lowest BCUT2D eigenvalue weighted by atomic mass is 10.2. The number of fused-ring (bicyclic) bond motifs is 1. The lowest BCUT2D eigenvalue weighted by Gasteiger charge is -2.20. The van der Waals surface area contributed by atoms with Crippen molar-refractivity contribution < 1.29 is 9.50 Å². The highest BCUT2D eigenvalue weighted by atomic mass is 19.1. The van der Waals surface area contributed by atoms with Crippen LogP contribution in [-0.4, -0.2) is 42.5 Å². The van der Waals surface area contributed by atoms with Crippen molar-refractivity contribution in [3.05, 3.63) is 83.7 Å². The lowest BCUT2D eigenvalue weighted by molar-refractivity contribution is 0.180. The van der Waals surface area contributed by atoms with Gasteiger partial charge < -0.3 is 9.67 Å². The molecule has 0 saturated carbocycles. The van der Waals surface area contributed by atoms with Gasteiger partial charge in [0.15, 0.2) is 5.82 Å². The monoisotopic (exact) mass is 407 g/mol. The predicted molar refractivity (Wildman–Crippen MR) is 114 cm³/mol. The van der Waals surface area contributed by atoms with Gasteiger partial charge in [0.2, 0.25) is 0 Å². The third-order valence-corrected chi connectivity index (χ3v) is 5.19. The van der Waals surface area contributed by atoms with E-state index in [0.29, 0.717) is 38.2 Å². The molecule has 6 nitrogen and oxygen atoms in total. The van der Waals surface area contributed by atoms with Crippen LogP contribution in [0.25, 0.3) is 11.0 Å². The molecule has 0 amide bonds. The van der Waals surface area contributed by atoms with Crippen LogP contribution in [0.15, 0.2) is 60.9 Å². The molecule has 2 aromatic heterocycles. The third-order valence-electron chi connectivity index (χ3n) is 5.19. The summed E-state index contributed by atoms with van der Waals surface area (Å²) >= 11 is 0. The molecule has 2 aromatic carbocycles. The molecule has 0 radical (unpaired) electrons. The highest BCUT2D eigenvalue weighted by molar-refractivity contribution is 5.76. The summed E-state index contributed by atoms with van der Waals surface area (Å²) in [5.74, 6) is 0.486.